The van der Waals surface area contributed by atoms with Crippen LogP contribution in [0.1, 0.15) is 24.1 Å². The lowest BCUT2D eigenvalue weighted by Gasteiger charge is -2.30. The minimum Gasteiger partial charge on any atom is -0.367 e. The number of benzene rings is 1. The zero-order chi connectivity index (χ0) is 21.4. The van der Waals surface area contributed by atoms with Crippen molar-refractivity contribution in [2.45, 2.75) is 18.9 Å². The molecule has 2 aromatic heterocycles. The number of halogens is 1. The molecule has 0 bridgehead atoms. The second-order valence-electron chi connectivity index (χ2n) is 7.52. The highest BCUT2D eigenvalue weighted by atomic mass is 19.1. The van der Waals surface area contributed by atoms with Crippen molar-refractivity contribution < 1.29 is 4.39 Å². The molecule has 1 aliphatic heterocycles. The first-order chi connectivity index (χ1) is 15.2. The fourth-order valence-electron chi connectivity index (χ4n) is 3.55. The molecule has 0 atom stereocenters. The predicted octanol–water partition coefficient (Wildman–Crippen LogP) is 1.73. The van der Waals surface area contributed by atoms with Crippen molar-refractivity contribution in [3.05, 3.63) is 35.4 Å². The second-order valence-corrected chi connectivity index (χ2v) is 7.52. The Bertz CT molecular complexity index is 1230. The zero-order valence-corrected chi connectivity index (χ0v) is 16.6. The molecule has 156 valence electrons. The number of piperazine rings is 1. The molecule has 2 fully saturated rings. The molecule has 2 aliphatic rings. The van der Waals surface area contributed by atoms with Crippen LogP contribution in [-0.2, 0) is 0 Å². The van der Waals surface area contributed by atoms with Gasteiger partial charge in [0.2, 0.25) is 5.95 Å². The van der Waals surface area contributed by atoms with E-state index >= 15 is 4.39 Å². The van der Waals surface area contributed by atoms with Crippen LogP contribution in [0.25, 0.3) is 5.65 Å². The standard InChI is InChI=1S/C20H19FN10/c21-17-15(7-12(9-22)8-16(17)30-5-3-24-4-6-30)27-20-28-18(26-13-1-2-13)19-25-11-14(10-23)31(19)29-20/h7-8,11,13,24H,1-6H2,(H2,26,27,28,29). The number of hydrogen-bond acceptors (Lipinski definition) is 9. The van der Waals surface area contributed by atoms with Crippen LogP contribution in [0.15, 0.2) is 18.3 Å². The minimum atomic E-state index is -0.479. The average Bonchev–Trinajstić information content (AvgIpc) is 3.51. The van der Waals surface area contributed by atoms with Gasteiger partial charge >= 0.3 is 0 Å². The Labute approximate surface area is 177 Å². The first-order valence-electron chi connectivity index (χ1n) is 10.0. The normalized spacial score (nSPS) is 16.0. The number of imidazole rings is 1. The van der Waals surface area contributed by atoms with Crippen LogP contribution in [0.5, 0.6) is 0 Å². The highest BCUT2D eigenvalue weighted by molar-refractivity contribution is 5.70. The van der Waals surface area contributed by atoms with E-state index in [4.69, 9.17) is 0 Å². The number of nitrogens with one attached hydrogen (secondary N) is 3. The molecule has 3 N–H and O–H groups in total. The van der Waals surface area contributed by atoms with Gasteiger partial charge in [0.15, 0.2) is 23.0 Å². The molecule has 5 rings (SSSR count). The van der Waals surface area contributed by atoms with Gasteiger partial charge in [-0.15, -0.1) is 5.10 Å². The zero-order valence-electron chi connectivity index (χ0n) is 16.6. The molecule has 0 spiro atoms. The van der Waals surface area contributed by atoms with Crippen LogP contribution >= 0.6 is 0 Å². The van der Waals surface area contributed by atoms with Crippen molar-refractivity contribution in [3.8, 4) is 12.1 Å². The molecule has 10 nitrogen and oxygen atoms in total. The van der Waals surface area contributed by atoms with Crippen LogP contribution in [-0.4, -0.2) is 51.8 Å². The summed E-state index contributed by atoms with van der Waals surface area (Å²) in [5.41, 5.74) is 1.47. The summed E-state index contributed by atoms with van der Waals surface area (Å²) in [6, 6.07) is 7.42. The van der Waals surface area contributed by atoms with Crippen LogP contribution in [0, 0.1) is 28.5 Å². The molecule has 1 aliphatic carbocycles. The van der Waals surface area contributed by atoms with Crippen LogP contribution < -0.4 is 20.9 Å². The van der Waals surface area contributed by atoms with E-state index in [0.717, 1.165) is 25.9 Å². The molecule has 1 saturated carbocycles. The van der Waals surface area contributed by atoms with Gasteiger partial charge in [0, 0.05) is 32.2 Å². The molecule has 0 amide bonds. The first kappa shape index (κ1) is 19.0. The maximum Gasteiger partial charge on any atom is 0.247 e. The topological polar surface area (TPSA) is 130 Å². The summed E-state index contributed by atoms with van der Waals surface area (Å²) < 4.78 is 16.8. The van der Waals surface area contributed by atoms with E-state index in [-0.39, 0.29) is 17.3 Å². The molecule has 3 aromatic rings. The van der Waals surface area contributed by atoms with Gasteiger partial charge in [-0.1, -0.05) is 0 Å². The largest absolute Gasteiger partial charge is 0.367 e. The first-order valence-corrected chi connectivity index (χ1v) is 10.0. The molecule has 3 heterocycles. The summed E-state index contributed by atoms with van der Waals surface area (Å²) in [6.45, 7) is 2.77. The summed E-state index contributed by atoms with van der Waals surface area (Å²) in [7, 11) is 0. The van der Waals surface area contributed by atoms with Crippen molar-refractivity contribution in [2.75, 3.05) is 41.7 Å². The van der Waals surface area contributed by atoms with Gasteiger partial charge in [-0.05, 0) is 25.0 Å². The van der Waals surface area contributed by atoms with Gasteiger partial charge in [0.05, 0.1) is 29.2 Å². The highest BCUT2D eigenvalue weighted by Crippen LogP contribution is 2.31. The molecule has 31 heavy (non-hydrogen) atoms. The molecular weight excluding hydrogens is 399 g/mol. The van der Waals surface area contributed by atoms with Gasteiger partial charge in [0.25, 0.3) is 0 Å². The summed E-state index contributed by atoms with van der Waals surface area (Å²) in [5.74, 6) is 0.0958. The van der Waals surface area contributed by atoms with Crippen molar-refractivity contribution in [1.82, 2.24) is 24.9 Å². The Hall–Kier alpha value is -3.96. The fraction of sp³-hybridized carbons (Fsp3) is 0.350. The van der Waals surface area contributed by atoms with Crippen molar-refractivity contribution in [3.63, 3.8) is 0 Å². The Balaban J connectivity index is 1.56. The van der Waals surface area contributed by atoms with E-state index in [0.29, 0.717) is 41.8 Å². The lowest BCUT2D eigenvalue weighted by atomic mass is 10.1. The van der Waals surface area contributed by atoms with E-state index in [9.17, 15) is 10.5 Å². The van der Waals surface area contributed by atoms with Crippen molar-refractivity contribution >= 4 is 28.8 Å². The molecule has 0 radical (unpaired) electrons. The molecule has 0 unspecified atom stereocenters. The third kappa shape index (κ3) is 3.67. The van der Waals surface area contributed by atoms with Gasteiger partial charge in [0.1, 0.15) is 6.07 Å². The molecular formula is C20H19FN10. The lowest BCUT2D eigenvalue weighted by molar-refractivity contribution is 0.567. The number of hydrogen-bond donors (Lipinski definition) is 3. The van der Waals surface area contributed by atoms with Crippen LogP contribution in [0.2, 0.25) is 0 Å². The number of aromatic nitrogens is 4. The maximum absolute atomic E-state index is 15.4. The molecule has 11 heteroatoms. The quantitative estimate of drug-likeness (QED) is 0.567. The maximum atomic E-state index is 15.4. The number of nitriles is 2. The number of rotatable bonds is 5. The SMILES string of the molecule is N#Cc1cc(Nc2nc(NC3CC3)c3ncc(C#N)n3n2)c(F)c(N2CCNCC2)c1. The van der Waals surface area contributed by atoms with E-state index < -0.39 is 5.82 Å². The van der Waals surface area contributed by atoms with Gasteiger partial charge < -0.3 is 20.9 Å². The van der Waals surface area contributed by atoms with Gasteiger partial charge in [-0.2, -0.15) is 20.0 Å². The van der Waals surface area contributed by atoms with E-state index in [1.807, 2.05) is 11.0 Å². The summed E-state index contributed by atoms with van der Waals surface area (Å²) in [6.07, 6.45) is 3.47. The summed E-state index contributed by atoms with van der Waals surface area (Å²) >= 11 is 0. The van der Waals surface area contributed by atoms with Gasteiger partial charge in [-0.3, -0.25) is 0 Å². The monoisotopic (exact) mass is 418 g/mol. The summed E-state index contributed by atoms with van der Waals surface area (Å²) in [5, 5.41) is 32.6. The number of anilines is 4. The fourth-order valence-corrected chi connectivity index (χ4v) is 3.55. The van der Waals surface area contributed by atoms with Crippen molar-refractivity contribution in [2.24, 2.45) is 0 Å². The minimum absolute atomic E-state index is 0.0999. The second kappa shape index (κ2) is 7.70. The molecule has 1 aromatic carbocycles. The Morgan fingerprint density at radius 1 is 1.16 bits per heavy atom. The van der Waals surface area contributed by atoms with Crippen LogP contribution in [0.4, 0.5) is 27.5 Å². The van der Waals surface area contributed by atoms with Crippen LogP contribution in [0.3, 0.4) is 0 Å². The average molecular weight is 418 g/mol. The van der Waals surface area contributed by atoms with E-state index in [1.165, 1.54) is 16.8 Å². The van der Waals surface area contributed by atoms with Crippen molar-refractivity contribution in [1.29, 1.82) is 10.5 Å². The van der Waals surface area contributed by atoms with E-state index in [1.54, 1.807) is 6.07 Å². The predicted molar refractivity (Wildman–Crippen MR) is 112 cm³/mol. The lowest BCUT2D eigenvalue weighted by Crippen LogP contribution is -2.44. The Kier molecular flexibility index (Phi) is 4.73. The summed E-state index contributed by atoms with van der Waals surface area (Å²) in [4.78, 5) is 10.6. The molecule has 1 saturated heterocycles. The van der Waals surface area contributed by atoms with E-state index in [2.05, 4.69) is 37.1 Å². The van der Waals surface area contributed by atoms with Gasteiger partial charge in [-0.25, -0.2) is 9.37 Å². The third-order valence-corrected chi connectivity index (χ3v) is 5.28. The Morgan fingerprint density at radius 2 is 1.97 bits per heavy atom. The smallest absolute Gasteiger partial charge is 0.247 e. The number of fused-ring (bicyclic) bond motifs is 1. The third-order valence-electron chi connectivity index (χ3n) is 5.28. The highest BCUT2D eigenvalue weighted by Gasteiger charge is 2.25. The number of nitrogens with zero attached hydrogens (tertiary/aromatic N) is 7. The Morgan fingerprint density at radius 3 is 2.68 bits per heavy atom.